The highest BCUT2D eigenvalue weighted by Gasteiger charge is 2.14. The number of nitrogens with zero attached hydrogens (tertiary/aromatic N) is 1. The lowest BCUT2D eigenvalue weighted by Gasteiger charge is -2.29. The van der Waals surface area contributed by atoms with Crippen LogP contribution in [0.4, 0.5) is 5.69 Å². The molecule has 0 aliphatic rings. The van der Waals surface area contributed by atoms with Crippen LogP contribution >= 0.6 is 11.6 Å². The molecule has 2 N–H and O–H groups in total. The normalized spacial score (nSPS) is 12.2. The Balaban J connectivity index is 2.30. The van der Waals surface area contributed by atoms with Gasteiger partial charge < -0.3 is 10.6 Å². The molecule has 0 aromatic heterocycles. The van der Waals surface area contributed by atoms with E-state index in [9.17, 15) is 0 Å². The monoisotopic (exact) mass is 274 g/mol. The maximum atomic E-state index is 6.06. The summed E-state index contributed by atoms with van der Waals surface area (Å²) in [5.41, 5.74) is 9.32. The molecule has 1 unspecified atom stereocenters. The zero-order valence-electron chi connectivity index (χ0n) is 11.3. The van der Waals surface area contributed by atoms with Crippen LogP contribution in [0.25, 0.3) is 0 Å². The first-order valence-corrected chi connectivity index (χ1v) is 6.77. The summed E-state index contributed by atoms with van der Waals surface area (Å²) >= 11 is 6.06. The van der Waals surface area contributed by atoms with E-state index in [2.05, 4.69) is 37.1 Å². The number of halogens is 1. The Morgan fingerprint density at radius 3 is 2.58 bits per heavy atom. The quantitative estimate of drug-likeness (QED) is 0.913. The first-order valence-electron chi connectivity index (χ1n) is 6.39. The van der Waals surface area contributed by atoms with E-state index in [1.165, 1.54) is 5.56 Å². The van der Waals surface area contributed by atoms with E-state index in [-0.39, 0.29) is 6.04 Å². The van der Waals surface area contributed by atoms with Crippen LogP contribution in [0, 0.1) is 0 Å². The number of para-hydroxylation sites is 1. The van der Waals surface area contributed by atoms with Gasteiger partial charge in [-0.25, -0.2) is 0 Å². The molecule has 0 heterocycles. The van der Waals surface area contributed by atoms with E-state index in [0.717, 1.165) is 16.3 Å². The average Bonchev–Trinajstić information content (AvgIpc) is 2.45. The topological polar surface area (TPSA) is 29.3 Å². The molecule has 2 nitrogen and oxygen atoms in total. The lowest BCUT2D eigenvalue weighted by molar-refractivity contribution is 0.735. The number of hydrogen-bond donors (Lipinski definition) is 1. The highest BCUT2D eigenvalue weighted by atomic mass is 35.5. The second-order valence-electron chi connectivity index (χ2n) is 4.67. The van der Waals surface area contributed by atoms with E-state index < -0.39 is 0 Å². The Bertz CT molecular complexity index is 554. The maximum Gasteiger partial charge on any atom is 0.0511 e. The van der Waals surface area contributed by atoms with Crippen LogP contribution in [0.2, 0.25) is 5.02 Å². The smallest absolute Gasteiger partial charge is 0.0511 e. The van der Waals surface area contributed by atoms with Crippen LogP contribution in [-0.2, 0) is 6.54 Å². The van der Waals surface area contributed by atoms with Crippen molar-refractivity contribution in [3.8, 4) is 0 Å². The molecule has 2 aromatic rings. The first-order chi connectivity index (χ1) is 9.13. The van der Waals surface area contributed by atoms with Gasteiger partial charge in [0, 0.05) is 24.3 Å². The minimum absolute atomic E-state index is 0.242. The summed E-state index contributed by atoms with van der Waals surface area (Å²) in [6.07, 6.45) is 0. The van der Waals surface area contributed by atoms with Gasteiger partial charge in [-0.15, -0.1) is 0 Å². The maximum absolute atomic E-state index is 6.06. The second-order valence-corrected chi connectivity index (χ2v) is 5.11. The SMILES string of the molecule is CC(c1cccc(Cl)c1)N(C)c1ccccc1CN. The number of nitrogens with two attached hydrogens (primary N) is 1. The molecule has 0 spiro atoms. The Morgan fingerprint density at radius 2 is 1.89 bits per heavy atom. The van der Waals surface area contributed by atoms with Gasteiger partial charge in [-0.1, -0.05) is 41.9 Å². The fraction of sp³-hybridized carbons (Fsp3) is 0.250. The van der Waals surface area contributed by atoms with Crippen molar-refractivity contribution in [2.75, 3.05) is 11.9 Å². The van der Waals surface area contributed by atoms with Crippen LogP contribution in [0.15, 0.2) is 48.5 Å². The number of hydrogen-bond acceptors (Lipinski definition) is 2. The van der Waals surface area contributed by atoms with Crippen molar-refractivity contribution in [3.63, 3.8) is 0 Å². The Kier molecular flexibility index (Phi) is 4.46. The van der Waals surface area contributed by atoms with Gasteiger partial charge in [0.2, 0.25) is 0 Å². The van der Waals surface area contributed by atoms with E-state index in [4.69, 9.17) is 17.3 Å². The molecule has 0 saturated carbocycles. The average molecular weight is 275 g/mol. The highest BCUT2D eigenvalue weighted by molar-refractivity contribution is 6.30. The predicted molar refractivity (Wildman–Crippen MR) is 82.6 cm³/mol. The highest BCUT2D eigenvalue weighted by Crippen LogP contribution is 2.28. The summed E-state index contributed by atoms with van der Waals surface area (Å²) < 4.78 is 0. The second kappa shape index (κ2) is 6.09. The zero-order valence-corrected chi connectivity index (χ0v) is 12.1. The minimum Gasteiger partial charge on any atom is -0.368 e. The van der Waals surface area contributed by atoms with Crippen LogP contribution in [0.5, 0.6) is 0 Å². The van der Waals surface area contributed by atoms with Gasteiger partial charge in [0.1, 0.15) is 0 Å². The molecule has 0 saturated heterocycles. The van der Waals surface area contributed by atoms with Crippen molar-refractivity contribution >= 4 is 17.3 Å². The molecule has 0 radical (unpaired) electrons. The van der Waals surface area contributed by atoms with Gasteiger partial charge in [0.05, 0.1) is 6.04 Å². The van der Waals surface area contributed by atoms with Crippen molar-refractivity contribution in [1.29, 1.82) is 0 Å². The van der Waals surface area contributed by atoms with Gasteiger partial charge in [0.25, 0.3) is 0 Å². The Hall–Kier alpha value is -1.51. The Labute approximate surface area is 119 Å². The lowest BCUT2D eigenvalue weighted by atomic mass is 10.1. The van der Waals surface area contributed by atoms with Gasteiger partial charge in [0.15, 0.2) is 0 Å². The summed E-state index contributed by atoms with van der Waals surface area (Å²) in [5, 5.41) is 0.768. The van der Waals surface area contributed by atoms with Crippen molar-refractivity contribution in [2.45, 2.75) is 19.5 Å². The van der Waals surface area contributed by atoms with Crippen molar-refractivity contribution in [2.24, 2.45) is 5.73 Å². The molecular formula is C16H19ClN2. The summed E-state index contributed by atoms with van der Waals surface area (Å²) in [6, 6.07) is 16.4. The molecule has 19 heavy (non-hydrogen) atoms. The van der Waals surface area contributed by atoms with Crippen molar-refractivity contribution < 1.29 is 0 Å². The summed E-state index contributed by atoms with van der Waals surface area (Å²) in [4.78, 5) is 2.23. The molecule has 3 heteroatoms. The largest absolute Gasteiger partial charge is 0.368 e. The standard InChI is InChI=1S/C16H19ClN2/c1-12(13-7-5-8-15(17)10-13)19(2)16-9-4-3-6-14(16)11-18/h3-10,12H,11,18H2,1-2H3. The summed E-state index contributed by atoms with van der Waals surface area (Å²) in [6.45, 7) is 2.71. The third-order valence-corrected chi connectivity index (χ3v) is 3.74. The molecule has 2 aromatic carbocycles. The van der Waals surface area contributed by atoms with Crippen LogP contribution in [0.3, 0.4) is 0 Å². The molecule has 0 amide bonds. The molecule has 0 fully saturated rings. The lowest BCUT2D eigenvalue weighted by Crippen LogP contribution is -2.23. The van der Waals surface area contributed by atoms with Crippen molar-refractivity contribution in [1.82, 2.24) is 0 Å². The van der Waals surface area contributed by atoms with Gasteiger partial charge in [-0.3, -0.25) is 0 Å². The molecule has 1 atom stereocenters. The fourth-order valence-corrected chi connectivity index (χ4v) is 2.42. The predicted octanol–water partition coefficient (Wildman–Crippen LogP) is 4.00. The number of rotatable bonds is 4. The van der Waals surface area contributed by atoms with E-state index in [0.29, 0.717) is 6.54 Å². The molecule has 0 aliphatic carbocycles. The number of benzene rings is 2. The minimum atomic E-state index is 0.242. The van der Waals surface area contributed by atoms with Crippen LogP contribution < -0.4 is 10.6 Å². The van der Waals surface area contributed by atoms with E-state index in [1.807, 2.05) is 30.3 Å². The fourth-order valence-electron chi connectivity index (χ4n) is 2.23. The Morgan fingerprint density at radius 1 is 1.16 bits per heavy atom. The first kappa shape index (κ1) is 13.9. The third kappa shape index (κ3) is 3.09. The zero-order chi connectivity index (χ0) is 13.8. The molecule has 0 bridgehead atoms. The molecule has 2 rings (SSSR count). The van der Waals surface area contributed by atoms with Crippen molar-refractivity contribution in [3.05, 3.63) is 64.7 Å². The van der Waals surface area contributed by atoms with E-state index in [1.54, 1.807) is 0 Å². The molecule has 100 valence electrons. The third-order valence-electron chi connectivity index (χ3n) is 3.50. The van der Waals surface area contributed by atoms with Crippen LogP contribution in [0.1, 0.15) is 24.1 Å². The van der Waals surface area contributed by atoms with Gasteiger partial charge in [-0.05, 0) is 36.2 Å². The molecule has 0 aliphatic heterocycles. The summed E-state index contributed by atoms with van der Waals surface area (Å²) in [5.74, 6) is 0. The van der Waals surface area contributed by atoms with Gasteiger partial charge >= 0.3 is 0 Å². The van der Waals surface area contributed by atoms with Gasteiger partial charge in [-0.2, -0.15) is 0 Å². The summed E-state index contributed by atoms with van der Waals surface area (Å²) in [7, 11) is 2.08. The molecular weight excluding hydrogens is 256 g/mol. The van der Waals surface area contributed by atoms with Crippen LogP contribution in [-0.4, -0.2) is 7.05 Å². The number of anilines is 1. The van der Waals surface area contributed by atoms with E-state index >= 15 is 0 Å².